The molecule has 0 aromatic rings. The summed E-state index contributed by atoms with van der Waals surface area (Å²) in [6.45, 7) is 3.71. The summed E-state index contributed by atoms with van der Waals surface area (Å²) in [6, 6.07) is 0. The third-order valence-corrected chi connectivity index (χ3v) is 1.80. The van der Waals surface area contributed by atoms with Crippen LogP contribution in [0.3, 0.4) is 0 Å². The van der Waals surface area contributed by atoms with Gasteiger partial charge in [-0.1, -0.05) is 5.57 Å². The smallest absolute Gasteiger partial charge is 0.248 e. The van der Waals surface area contributed by atoms with E-state index < -0.39 is 0 Å². The van der Waals surface area contributed by atoms with Gasteiger partial charge in [0.2, 0.25) is 5.24 Å². The summed E-state index contributed by atoms with van der Waals surface area (Å²) in [6.07, 6.45) is 2.79. The topological polar surface area (TPSA) is 17.1 Å². The Morgan fingerprint density at radius 3 is 2.44 bits per heavy atom. The number of hydrogen-bond acceptors (Lipinski definition) is 1. The first-order valence-corrected chi connectivity index (χ1v) is 3.33. The Balaban J connectivity index is 2.78. The highest BCUT2D eigenvalue weighted by Gasteiger charge is 2.15. The average Bonchev–Trinajstić information content (AvgIpc) is 2.13. The molecule has 0 heterocycles. The summed E-state index contributed by atoms with van der Waals surface area (Å²) < 4.78 is 0. The molecule has 1 aliphatic carbocycles. The fourth-order valence-corrected chi connectivity index (χ4v) is 1.27. The van der Waals surface area contributed by atoms with E-state index in [0.29, 0.717) is 0 Å². The van der Waals surface area contributed by atoms with Crippen LogP contribution in [-0.2, 0) is 4.79 Å². The number of allylic oxidation sites excluding steroid dienone is 2. The lowest BCUT2D eigenvalue weighted by Crippen LogP contribution is -1.90. The van der Waals surface area contributed by atoms with Gasteiger partial charge in [-0.25, -0.2) is 0 Å². The van der Waals surface area contributed by atoms with E-state index in [4.69, 9.17) is 11.6 Å². The molecule has 0 saturated carbocycles. The van der Waals surface area contributed by atoms with Crippen molar-refractivity contribution in [3.8, 4) is 0 Å². The third-order valence-electron chi connectivity index (χ3n) is 1.57. The lowest BCUT2D eigenvalue weighted by molar-refractivity contribution is -0.108. The van der Waals surface area contributed by atoms with Crippen LogP contribution in [-0.4, -0.2) is 5.24 Å². The van der Waals surface area contributed by atoms with E-state index in [1.54, 1.807) is 0 Å². The van der Waals surface area contributed by atoms with Crippen LogP contribution in [0.4, 0.5) is 0 Å². The maximum atomic E-state index is 10.5. The second kappa shape index (κ2) is 2.53. The van der Waals surface area contributed by atoms with Gasteiger partial charge in [0.15, 0.2) is 0 Å². The van der Waals surface area contributed by atoms with E-state index in [0.717, 1.165) is 30.4 Å². The van der Waals surface area contributed by atoms with E-state index in [2.05, 4.69) is 6.92 Å². The highest BCUT2D eigenvalue weighted by atomic mass is 35.5. The van der Waals surface area contributed by atoms with E-state index in [9.17, 15) is 4.79 Å². The van der Waals surface area contributed by atoms with Crippen molar-refractivity contribution in [1.82, 2.24) is 0 Å². The SMILES string of the molecule is [CH2]C1=C(C(=O)Cl)CCC1. The zero-order valence-electron chi connectivity index (χ0n) is 5.11. The zero-order valence-corrected chi connectivity index (χ0v) is 5.87. The lowest BCUT2D eigenvalue weighted by atomic mass is 10.2. The van der Waals surface area contributed by atoms with Crippen LogP contribution in [0.15, 0.2) is 11.1 Å². The predicted molar refractivity (Wildman–Crippen MR) is 37.1 cm³/mol. The minimum absolute atomic E-state index is 0.322. The number of rotatable bonds is 1. The molecule has 9 heavy (non-hydrogen) atoms. The molecule has 0 aliphatic heterocycles. The highest BCUT2D eigenvalue weighted by Crippen LogP contribution is 2.26. The fourth-order valence-electron chi connectivity index (χ4n) is 1.04. The quantitative estimate of drug-likeness (QED) is 0.514. The number of halogens is 1. The van der Waals surface area contributed by atoms with Gasteiger partial charge in [-0.05, 0) is 37.8 Å². The molecule has 1 radical (unpaired) electrons. The minimum Gasteiger partial charge on any atom is -0.276 e. The van der Waals surface area contributed by atoms with Crippen molar-refractivity contribution in [3.05, 3.63) is 18.1 Å². The third kappa shape index (κ3) is 1.33. The van der Waals surface area contributed by atoms with Gasteiger partial charge in [0.25, 0.3) is 0 Å². The number of carbonyl (C=O) groups excluding carboxylic acids is 1. The number of hydrogen-bond donors (Lipinski definition) is 0. The van der Waals surface area contributed by atoms with E-state index in [1.165, 1.54) is 0 Å². The number of carbonyl (C=O) groups is 1. The van der Waals surface area contributed by atoms with Crippen molar-refractivity contribution >= 4 is 16.8 Å². The van der Waals surface area contributed by atoms with Crippen molar-refractivity contribution in [3.63, 3.8) is 0 Å². The van der Waals surface area contributed by atoms with Crippen LogP contribution in [0, 0.1) is 6.92 Å². The summed E-state index contributed by atoms with van der Waals surface area (Å²) in [5.74, 6) is 0. The molecule has 0 unspecified atom stereocenters. The standard InChI is InChI=1S/C7H8ClO/c1-5-3-2-4-6(5)7(8)9/h1-4H2. The Morgan fingerprint density at radius 2 is 2.22 bits per heavy atom. The van der Waals surface area contributed by atoms with E-state index in [1.807, 2.05) is 0 Å². The van der Waals surface area contributed by atoms with Crippen LogP contribution in [0.1, 0.15) is 19.3 Å². The van der Waals surface area contributed by atoms with Crippen molar-refractivity contribution in [2.24, 2.45) is 0 Å². The summed E-state index contributed by atoms with van der Waals surface area (Å²) in [5, 5.41) is -0.322. The summed E-state index contributed by atoms with van der Waals surface area (Å²) in [7, 11) is 0. The van der Waals surface area contributed by atoms with Gasteiger partial charge in [0, 0.05) is 5.57 Å². The molecule has 0 fully saturated rings. The molecular weight excluding hydrogens is 136 g/mol. The molecule has 0 bridgehead atoms. The zero-order chi connectivity index (χ0) is 6.85. The second-order valence-electron chi connectivity index (χ2n) is 2.21. The Bertz CT molecular complexity index is 170. The van der Waals surface area contributed by atoms with Crippen LogP contribution >= 0.6 is 11.6 Å². The molecule has 0 aromatic carbocycles. The maximum absolute atomic E-state index is 10.5. The van der Waals surface area contributed by atoms with Gasteiger partial charge >= 0.3 is 0 Å². The van der Waals surface area contributed by atoms with Gasteiger partial charge in [0.05, 0.1) is 0 Å². The molecule has 0 spiro atoms. The Hall–Kier alpha value is -0.300. The van der Waals surface area contributed by atoms with Crippen molar-refractivity contribution in [2.45, 2.75) is 19.3 Å². The fraction of sp³-hybridized carbons (Fsp3) is 0.429. The van der Waals surface area contributed by atoms with Crippen LogP contribution in [0.25, 0.3) is 0 Å². The van der Waals surface area contributed by atoms with E-state index in [-0.39, 0.29) is 5.24 Å². The normalized spacial score (nSPS) is 18.9. The summed E-state index contributed by atoms with van der Waals surface area (Å²) >= 11 is 5.24. The van der Waals surface area contributed by atoms with Crippen molar-refractivity contribution in [2.75, 3.05) is 0 Å². The molecule has 0 aromatic heterocycles. The van der Waals surface area contributed by atoms with Gasteiger partial charge in [0.1, 0.15) is 0 Å². The Labute approximate surface area is 59.7 Å². The van der Waals surface area contributed by atoms with E-state index >= 15 is 0 Å². The Kier molecular flexibility index (Phi) is 1.91. The molecule has 2 heteroatoms. The highest BCUT2D eigenvalue weighted by molar-refractivity contribution is 6.67. The van der Waals surface area contributed by atoms with Gasteiger partial charge in [-0.15, -0.1) is 0 Å². The average molecular weight is 144 g/mol. The lowest BCUT2D eigenvalue weighted by Gasteiger charge is -1.91. The maximum Gasteiger partial charge on any atom is 0.248 e. The van der Waals surface area contributed by atoms with Crippen molar-refractivity contribution in [1.29, 1.82) is 0 Å². The van der Waals surface area contributed by atoms with Crippen LogP contribution in [0.2, 0.25) is 0 Å². The van der Waals surface area contributed by atoms with Gasteiger partial charge < -0.3 is 0 Å². The molecule has 0 atom stereocenters. The molecule has 0 amide bonds. The Morgan fingerprint density at radius 1 is 1.56 bits per heavy atom. The molecule has 0 saturated heterocycles. The predicted octanol–water partition coefficient (Wildman–Crippen LogP) is 2.07. The summed E-state index contributed by atoms with van der Waals surface area (Å²) in [5.41, 5.74) is 1.66. The first-order chi connectivity index (χ1) is 4.22. The summed E-state index contributed by atoms with van der Waals surface area (Å²) in [4.78, 5) is 10.5. The molecule has 1 aliphatic rings. The molecule has 1 rings (SSSR count). The molecule has 0 N–H and O–H groups in total. The molecular formula is C7H8ClO. The largest absolute Gasteiger partial charge is 0.276 e. The van der Waals surface area contributed by atoms with Crippen LogP contribution < -0.4 is 0 Å². The van der Waals surface area contributed by atoms with Crippen LogP contribution in [0.5, 0.6) is 0 Å². The first-order valence-electron chi connectivity index (χ1n) is 2.95. The van der Waals surface area contributed by atoms with Crippen molar-refractivity contribution < 1.29 is 4.79 Å². The molecule has 1 nitrogen and oxygen atoms in total. The van der Waals surface area contributed by atoms with Gasteiger partial charge in [-0.2, -0.15) is 0 Å². The first kappa shape index (κ1) is 6.81. The second-order valence-corrected chi connectivity index (χ2v) is 2.55. The van der Waals surface area contributed by atoms with Gasteiger partial charge in [-0.3, -0.25) is 4.79 Å². The monoisotopic (exact) mass is 143 g/mol. The molecule has 49 valence electrons. The minimum atomic E-state index is -0.322.